The molecule has 0 bridgehead atoms. The predicted molar refractivity (Wildman–Crippen MR) is 127 cm³/mol. The largest absolute Gasteiger partial charge is 0.497 e. The van der Waals surface area contributed by atoms with E-state index in [1.165, 1.54) is 0 Å². The van der Waals surface area contributed by atoms with Gasteiger partial charge in [0, 0.05) is 18.2 Å². The molecule has 2 aromatic carbocycles. The van der Waals surface area contributed by atoms with Crippen LogP contribution in [0.2, 0.25) is 0 Å². The van der Waals surface area contributed by atoms with Gasteiger partial charge in [0.05, 0.1) is 14.2 Å². The highest BCUT2D eigenvalue weighted by atomic mass is 16.5. The minimum absolute atomic E-state index is 0.0344. The minimum atomic E-state index is -0.753. The average Bonchev–Trinajstić information content (AvgIpc) is 2.83. The van der Waals surface area contributed by atoms with Gasteiger partial charge in [-0.25, -0.2) is 0 Å². The second kappa shape index (κ2) is 9.86. The standard InChI is InChI=1S/C27H34N2O4/c1-18-5-9-20(10-6-18)16-29-25(30)17-28(21-11-7-19(2)8-12-21)27(31)26(29)23-15-22(32-3)13-14-24(23)33-4/h5-6,9-10,13-15,19,21,26H,7-8,11-12,16-17H2,1-4H3. The first-order valence-electron chi connectivity index (χ1n) is 11.8. The summed E-state index contributed by atoms with van der Waals surface area (Å²) in [6.07, 6.45) is 4.06. The number of methoxy groups -OCH3 is 2. The van der Waals surface area contributed by atoms with Crippen molar-refractivity contribution in [2.24, 2.45) is 5.92 Å². The van der Waals surface area contributed by atoms with Gasteiger partial charge < -0.3 is 19.3 Å². The predicted octanol–water partition coefficient (Wildman–Crippen LogP) is 4.50. The van der Waals surface area contributed by atoms with Crippen molar-refractivity contribution in [3.8, 4) is 11.5 Å². The number of benzene rings is 2. The van der Waals surface area contributed by atoms with Crippen molar-refractivity contribution in [1.29, 1.82) is 0 Å². The molecule has 1 saturated heterocycles. The Morgan fingerprint density at radius 3 is 2.27 bits per heavy atom. The zero-order chi connectivity index (χ0) is 23.5. The van der Waals surface area contributed by atoms with Gasteiger partial charge in [-0.1, -0.05) is 36.8 Å². The van der Waals surface area contributed by atoms with Gasteiger partial charge in [0.1, 0.15) is 24.1 Å². The molecule has 1 aliphatic heterocycles. The van der Waals surface area contributed by atoms with Crippen molar-refractivity contribution in [2.75, 3.05) is 20.8 Å². The van der Waals surface area contributed by atoms with Crippen LogP contribution >= 0.6 is 0 Å². The van der Waals surface area contributed by atoms with E-state index in [1.807, 2.05) is 48.2 Å². The second-order valence-corrected chi connectivity index (χ2v) is 9.40. The highest BCUT2D eigenvalue weighted by Gasteiger charge is 2.44. The van der Waals surface area contributed by atoms with Crippen LogP contribution < -0.4 is 9.47 Å². The summed E-state index contributed by atoms with van der Waals surface area (Å²) in [4.78, 5) is 31.1. The van der Waals surface area contributed by atoms with Gasteiger partial charge in [-0.3, -0.25) is 9.59 Å². The van der Waals surface area contributed by atoms with Crippen LogP contribution in [-0.2, 0) is 16.1 Å². The average molecular weight is 451 g/mol. The van der Waals surface area contributed by atoms with Crippen LogP contribution in [0.4, 0.5) is 0 Å². The van der Waals surface area contributed by atoms with E-state index in [0.29, 0.717) is 29.5 Å². The van der Waals surface area contributed by atoms with E-state index in [0.717, 1.165) is 36.8 Å². The minimum Gasteiger partial charge on any atom is -0.497 e. The number of carbonyl (C=O) groups excluding carboxylic acids is 2. The van der Waals surface area contributed by atoms with E-state index in [1.54, 1.807) is 25.2 Å². The first-order chi connectivity index (χ1) is 15.9. The van der Waals surface area contributed by atoms with Gasteiger partial charge in [0.15, 0.2) is 0 Å². The Morgan fingerprint density at radius 1 is 0.939 bits per heavy atom. The highest BCUT2D eigenvalue weighted by molar-refractivity contribution is 5.96. The zero-order valence-corrected chi connectivity index (χ0v) is 20.0. The van der Waals surface area contributed by atoms with E-state index in [4.69, 9.17) is 9.47 Å². The Bertz CT molecular complexity index is 996. The van der Waals surface area contributed by atoms with Gasteiger partial charge in [-0.15, -0.1) is 0 Å². The molecule has 1 heterocycles. The number of amides is 2. The molecule has 0 spiro atoms. The number of nitrogens with zero attached hydrogens (tertiary/aromatic N) is 2. The first kappa shape index (κ1) is 23.1. The molecular weight excluding hydrogens is 416 g/mol. The van der Waals surface area contributed by atoms with Gasteiger partial charge in [0.2, 0.25) is 5.91 Å². The number of hydrogen-bond donors (Lipinski definition) is 0. The van der Waals surface area contributed by atoms with Crippen molar-refractivity contribution < 1.29 is 19.1 Å². The van der Waals surface area contributed by atoms with Crippen molar-refractivity contribution in [2.45, 2.75) is 58.2 Å². The Balaban J connectivity index is 1.73. The molecule has 1 unspecified atom stereocenters. The number of ether oxygens (including phenoxy) is 2. The van der Waals surface area contributed by atoms with Gasteiger partial charge in [-0.2, -0.15) is 0 Å². The Morgan fingerprint density at radius 2 is 1.64 bits per heavy atom. The molecule has 1 aliphatic carbocycles. The first-order valence-corrected chi connectivity index (χ1v) is 11.8. The van der Waals surface area contributed by atoms with Crippen LogP contribution in [-0.4, -0.2) is 48.4 Å². The van der Waals surface area contributed by atoms with Crippen LogP contribution in [0.15, 0.2) is 42.5 Å². The molecule has 0 N–H and O–H groups in total. The van der Waals surface area contributed by atoms with E-state index >= 15 is 0 Å². The molecule has 2 aliphatic rings. The summed E-state index contributed by atoms with van der Waals surface area (Å²) in [6, 6.07) is 12.9. The second-order valence-electron chi connectivity index (χ2n) is 9.40. The molecule has 2 fully saturated rings. The summed E-state index contributed by atoms with van der Waals surface area (Å²) in [7, 11) is 3.18. The molecule has 2 aromatic rings. The molecule has 0 aromatic heterocycles. The van der Waals surface area contributed by atoms with Crippen LogP contribution in [0.3, 0.4) is 0 Å². The van der Waals surface area contributed by atoms with Gasteiger partial charge in [-0.05, 0) is 62.3 Å². The molecule has 2 amide bonds. The van der Waals surface area contributed by atoms with Crippen molar-refractivity contribution in [3.63, 3.8) is 0 Å². The SMILES string of the molecule is COc1ccc(OC)c(C2C(=O)N(C3CCC(C)CC3)CC(=O)N2Cc2ccc(C)cc2)c1. The molecule has 4 rings (SSSR count). The summed E-state index contributed by atoms with van der Waals surface area (Å²) in [5.41, 5.74) is 2.81. The lowest BCUT2D eigenvalue weighted by molar-refractivity contribution is -0.160. The van der Waals surface area contributed by atoms with E-state index in [-0.39, 0.29) is 24.4 Å². The van der Waals surface area contributed by atoms with Crippen LogP contribution in [0.25, 0.3) is 0 Å². The van der Waals surface area contributed by atoms with Gasteiger partial charge in [0.25, 0.3) is 5.91 Å². The van der Waals surface area contributed by atoms with Crippen LogP contribution in [0, 0.1) is 12.8 Å². The van der Waals surface area contributed by atoms with Crippen molar-refractivity contribution >= 4 is 11.8 Å². The molecule has 176 valence electrons. The number of piperazine rings is 1. The molecule has 1 saturated carbocycles. The fraction of sp³-hybridized carbons (Fsp3) is 0.481. The normalized spacial score (nSPS) is 23.6. The molecule has 1 atom stereocenters. The lowest BCUT2D eigenvalue weighted by Crippen LogP contribution is -2.58. The van der Waals surface area contributed by atoms with Crippen LogP contribution in [0.1, 0.15) is 55.3 Å². The van der Waals surface area contributed by atoms with E-state index in [9.17, 15) is 9.59 Å². The third-order valence-electron chi connectivity index (χ3n) is 7.09. The summed E-state index contributed by atoms with van der Waals surface area (Å²) in [5, 5.41) is 0. The van der Waals surface area contributed by atoms with Gasteiger partial charge >= 0.3 is 0 Å². The maximum absolute atomic E-state index is 14.0. The molecular formula is C27H34N2O4. The van der Waals surface area contributed by atoms with Crippen molar-refractivity contribution in [1.82, 2.24) is 9.80 Å². The van der Waals surface area contributed by atoms with E-state index in [2.05, 4.69) is 6.92 Å². The molecule has 6 nitrogen and oxygen atoms in total. The number of carbonyl (C=O) groups is 2. The Kier molecular flexibility index (Phi) is 6.91. The maximum Gasteiger partial charge on any atom is 0.250 e. The number of hydrogen-bond acceptors (Lipinski definition) is 4. The fourth-order valence-corrected chi connectivity index (χ4v) is 5.04. The third kappa shape index (κ3) is 4.85. The summed E-state index contributed by atoms with van der Waals surface area (Å²) >= 11 is 0. The fourth-order valence-electron chi connectivity index (χ4n) is 5.04. The maximum atomic E-state index is 14.0. The number of rotatable bonds is 6. The Labute approximate surface area is 196 Å². The summed E-state index contributed by atoms with van der Waals surface area (Å²) < 4.78 is 11.1. The number of aryl methyl sites for hydroxylation is 1. The van der Waals surface area contributed by atoms with E-state index < -0.39 is 6.04 Å². The zero-order valence-electron chi connectivity index (χ0n) is 20.0. The van der Waals surface area contributed by atoms with Crippen molar-refractivity contribution in [3.05, 3.63) is 59.2 Å². The lowest BCUT2D eigenvalue weighted by Gasteiger charge is -2.45. The smallest absolute Gasteiger partial charge is 0.250 e. The van der Waals surface area contributed by atoms with Crippen LogP contribution in [0.5, 0.6) is 11.5 Å². The molecule has 6 heteroatoms. The highest BCUT2D eigenvalue weighted by Crippen LogP contribution is 2.39. The summed E-state index contributed by atoms with van der Waals surface area (Å²) in [5.74, 6) is 1.81. The molecule has 0 radical (unpaired) electrons. The topological polar surface area (TPSA) is 59.1 Å². The quantitative estimate of drug-likeness (QED) is 0.650. The monoisotopic (exact) mass is 450 g/mol. The third-order valence-corrected chi connectivity index (χ3v) is 7.09. The lowest BCUT2D eigenvalue weighted by atomic mass is 9.85. The summed E-state index contributed by atoms with van der Waals surface area (Å²) in [6.45, 7) is 4.79. The molecule has 33 heavy (non-hydrogen) atoms. The Hall–Kier alpha value is -3.02.